The van der Waals surface area contributed by atoms with E-state index in [1.807, 2.05) is 6.55 Å². The number of epoxide rings is 1. The monoisotopic (exact) mass is 185 g/mol. The third kappa shape index (κ3) is 1.45. The van der Waals surface area contributed by atoms with Crippen LogP contribution in [0.1, 0.15) is 26.2 Å². The van der Waals surface area contributed by atoms with Crippen molar-refractivity contribution in [3.8, 4) is 0 Å². The lowest BCUT2D eigenvalue weighted by Crippen LogP contribution is -2.36. The Labute approximate surface area is 75.1 Å². The standard InChI is InChI=1S/C9H17O2Si/c1-3-12(2,10)7-4-5-8-9(6-7)11-8/h7-9H,3-6H2,1-2H3. The van der Waals surface area contributed by atoms with Crippen LogP contribution in [0.4, 0.5) is 0 Å². The molecule has 69 valence electrons. The summed E-state index contributed by atoms with van der Waals surface area (Å²) in [7, 11) is -2.12. The second kappa shape index (κ2) is 2.82. The van der Waals surface area contributed by atoms with Gasteiger partial charge in [0.1, 0.15) is 0 Å². The molecule has 0 amide bonds. The zero-order chi connectivity index (χ0) is 8.77. The van der Waals surface area contributed by atoms with Crippen molar-refractivity contribution in [2.75, 3.05) is 0 Å². The van der Waals surface area contributed by atoms with Gasteiger partial charge in [-0.05, 0) is 37.4 Å². The summed E-state index contributed by atoms with van der Waals surface area (Å²) >= 11 is 0. The molecule has 4 atom stereocenters. The quantitative estimate of drug-likeness (QED) is 0.480. The first-order chi connectivity index (χ1) is 5.63. The van der Waals surface area contributed by atoms with Crippen LogP contribution in [-0.4, -0.2) is 20.5 Å². The van der Waals surface area contributed by atoms with E-state index in [-0.39, 0.29) is 0 Å². The van der Waals surface area contributed by atoms with Gasteiger partial charge in [-0.1, -0.05) is 6.92 Å². The summed E-state index contributed by atoms with van der Waals surface area (Å²) in [5, 5.41) is 0. The van der Waals surface area contributed by atoms with Crippen LogP contribution in [0.5, 0.6) is 0 Å². The number of hydrogen-bond donors (Lipinski definition) is 0. The molecule has 2 aliphatic rings. The van der Waals surface area contributed by atoms with Crippen LogP contribution in [0.15, 0.2) is 0 Å². The van der Waals surface area contributed by atoms with E-state index in [1.165, 1.54) is 0 Å². The van der Waals surface area contributed by atoms with E-state index in [1.54, 1.807) is 0 Å². The largest absolute Gasteiger partial charge is 0.370 e. The summed E-state index contributed by atoms with van der Waals surface area (Å²) in [6.45, 7) is 4.04. The van der Waals surface area contributed by atoms with Crippen molar-refractivity contribution in [2.24, 2.45) is 0 Å². The molecule has 1 saturated heterocycles. The van der Waals surface area contributed by atoms with Crippen LogP contribution in [0.25, 0.3) is 0 Å². The predicted octanol–water partition coefficient (Wildman–Crippen LogP) is 2.33. The third-order valence-corrected chi connectivity index (χ3v) is 7.23. The Morgan fingerprint density at radius 1 is 1.42 bits per heavy atom. The zero-order valence-electron chi connectivity index (χ0n) is 7.88. The highest BCUT2D eigenvalue weighted by molar-refractivity contribution is 6.72. The van der Waals surface area contributed by atoms with Crippen LogP contribution in [0, 0.1) is 0 Å². The van der Waals surface area contributed by atoms with Crippen LogP contribution in [0.3, 0.4) is 0 Å². The molecule has 1 aliphatic carbocycles. The maximum absolute atomic E-state index is 12.1. The van der Waals surface area contributed by atoms with Crippen LogP contribution >= 0.6 is 0 Å². The molecule has 2 rings (SSSR count). The lowest BCUT2D eigenvalue weighted by atomic mass is 10.0. The molecule has 4 unspecified atom stereocenters. The highest BCUT2D eigenvalue weighted by Gasteiger charge is 2.49. The Kier molecular flexibility index (Phi) is 2.05. The van der Waals surface area contributed by atoms with Gasteiger partial charge in [-0.3, -0.25) is 4.80 Å². The van der Waals surface area contributed by atoms with Gasteiger partial charge in [-0.25, -0.2) is 0 Å². The van der Waals surface area contributed by atoms with Crippen molar-refractivity contribution >= 4 is 8.32 Å². The minimum absolute atomic E-state index is 0.482. The third-order valence-electron chi connectivity index (χ3n) is 3.57. The molecule has 3 heteroatoms. The molecule has 2 nitrogen and oxygen atoms in total. The molecule has 0 bridgehead atoms. The molecule has 0 spiro atoms. The molecule has 1 saturated carbocycles. The van der Waals surface area contributed by atoms with E-state index in [9.17, 15) is 4.80 Å². The second-order valence-corrected chi connectivity index (χ2v) is 8.54. The average molecular weight is 185 g/mol. The van der Waals surface area contributed by atoms with Crippen LogP contribution in [-0.2, 0) is 9.53 Å². The van der Waals surface area contributed by atoms with E-state index in [4.69, 9.17) is 4.74 Å². The Bertz CT molecular complexity index is 181. The van der Waals surface area contributed by atoms with Crippen molar-refractivity contribution in [3.05, 3.63) is 0 Å². The van der Waals surface area contributed by atoms with Gasteiger partial charge >= 0.3 is 0 Å². The molecular weight excluding hydrogens is 168 g/mol. The lowest BCUT2D eigenvalue weighted by molar-refractivity contribution is 0.365. The summed E-state index contributed by atoms with van der Waals surface area (Å²) in [6, 6.07) is 0.884. The number of ether oxygens (including phenoxy) is 1. The summed E-state index contributed by atoms with van der Waals surface area (Å²) < 4.78 is 5.43. The topological polar surface area (TPSA) is 32.4 Å². The molecule has 0 aromatic carbocycles. The minimum atomic E-state index is -2.12. The molecule has 1 aliphatic heterocycles. The summed E-state index contributed by atoms with van der Waals surface area (Å²) in [5.41, 5.74) is 0.492. The van der Waals surface area contributed by atoms with Gasteiger partial charge in [0.15, 0.2) is 0 Å². The van der Waals surface area contributed by atoms with Crippen LogP contribution in [0.2, 0.25) is 18.1 Å². The average Bonchev–Trinajstić information content (AvgIpc) is 2.81. The van der Waals surface area contributed by atoms with Gasteiger partial charge in [-0.2, -0.15) is 0 Å². The summed E-state index contributed by atoms with van der Waals surface area (Å²) in [5.74, 6) is 0. The highest BCUT2D eigenvalue weighted by Crippen LogP contribution is 2.46. The Balaban J connectivity index is 1.95. The zero-order valence-corrected chi connectivity index (χ0v) is 8.88. The smallest absolute Gasteiger partial charge is 0.237 e. The van der Waals surface area contributed by atoms with E-state index in [2.05, 4.69) is 6.92 Å². The highest BCUT2D eigenvalue weighted by atomic mass is 28.4. The maximum atomic E-state index is 12.1. The van der Waals surface area contributed by atoms with Gasteiger partial charge in [0.2, 0.25) is 8.32 Å². The Morgan fingerprint density at radius 3 is 2.75 bits per heavy atom. The van der Waals surface area contributed by atoms with E-state index in [0.717, 1.165) is 25.3 Å². The van der Waals surface area contributed by atoms with Gasteiger partial charge < -0.3 is 4.74 Å². The first-order valence-corrected chi connectivity index (χ1v) is 7.68. The predicted molar refractivity (Wildman–Crippen MR) is 49.0 cm³/mol. The van der Waals surface area contributed by atoms with Gasteiger partial charge in [0.25, 0.3) is 0 Å². The Hall–Kier alpha value is 0.137. The summed E-state index contributed by atoms with van der Waals surface area (Å²) in [6.07, 6.45) is 4.39. The molecule has 1 radical (unpaired) electrons. The Morgan fingerprint density at radius 2 is 2.17 bits per heavy atom. The lowest BCUT2D eigenvalue weighted by Gasteiger charge is -2.28. The molecule has 12 heavy (non-hydrogen) atoms. The number of fused-ring (bicyclic) bond motifs is 1. The van der Waals surface area contributed by atoms with Crippen molar-refractivity contribution in [1.29, 1.82) is 0 Å². The van der Waals surface area contributed by atoms with Gasteiger partial charge in [-0.15, -0.1) is 0 Å². The first-order valence-electron chi connectivity index (χ1n) is 4.99. The van der Waals surface area contributed by atoms with Crippen molar-refractivity contribution < 1.29 is 9.53 Å². The fourth-order valence-corrected chi connectivity index (χ4v) is 4.33. The SMILES string of the molecule is CC[Si](C)([O])C1CCC2OC2C1. The molecule has 1 heterocycles. The van der Waals surface area contributed by atoms with E-state index in [0.29, 0.717) is 17.7 Å². The van der Waals surface area contributed by atoms with Gasteiger partial charge in [0, 0.05) is 0 Å². The fraction of sp³-hybridized carbons (Fsp3) is 1.00. The van der Waals surface area contributed by atoms with E-state index >= 15 is 0 Å². The number of rotatable bonds is 2. The van der Waals surface area contributed by atoms with Crippen molar-refractivity contribution in [3.63, 3.8) is 0 Å². The molecule has 0 aromatic rings. The second-order valence-electron chi connectivity index (χ2n) is 4.39. The van der Waals surface area contributed by atoms with Crippen LogP contribution < -0.4 is 0 Å². The maximum Gasteiger partial charge on any atom is 0.237 e. The number of hydrogen-bond acceptors (Lipinski definition) is 1. The molecule has 2 fully saturated rings. The summed E-state index contributed by atoms with van der Waals surface area (Å²) in [4.78, 5) is 12.1. The van der Waals surface area contributed by atoms with Crippen molar-refractivity contribution in [1.82, 2.24) is 0 Å². The molecule has 0 aromatic heterocycles. The van der Waals surface area contributed by atoms with Crippen molar-refractivity contribution in [2.45, 2.75) is 56.5 Å². The molecule has 0 N–H and O–H groups in total. The van der Waals surface area contributed by atoms with E-state index < -0.39 is 8.32 Å². The minimum Gasteiger partial charge on any atom is -0.370 e. The normalized spacial score (nSPS) is 44.8. The van der Waals surface area contributed by atoms with Gasteiger partial charge in [0.05, 0.1) is 12.2 Å². The molecular formula is C9H17O2Si. The fourth-order valence-electron chi connectivity index (χ4n) is 2.25. The first kappa shape index (κ1) is 8.72.